The summed E-state index contributed by atoms with van der Waals surface area (Å²) in [4.78, 5) is 0. The van der Waals surface area contributed by atoms with Crippen molar-refractivity contribution in [2.24, 2.45) is 5.92 Å². The summed E-state index contributed by atoms with van der Waals surface area (Å²) in [5.41, 5.74) is 0. The van der Waals surface area contributed by atoms with Gasteiger partial charge in [-0.3, -0.25) is 0 Å². The second-order valence-corrected chi connectivity index (χ2v) is 5.69. The van der Waals surface area contributed by atoms with Crippen LogP contribution in [0.5, 0.6) is 0 Å². The normalized spacial score (nSPS) is 44.6. The summed E-state index contributed by atoms with van der Waals surface area (Å²) in [6, 6.07) is 0. The zero-order chi connectivity index (χ0) is 13.3. The maximum atomic E-state index is 10.1. The van der Waals surface area contributed by atoms with Crippen LogP contribution in [0.3, 0.4) is 0 Å². The molecule has 0 aromatic rings. The molecule has 2 fully saturated rings. The Morgan fingerprint density at radius 3 is 2.56 bits per heavy atom. The molecule has 0 bridgehead atoms. The molecule has 0 spiro atoms. The Labute approximate surface area is 109 Å². The lowest BCUT2D eigenvalue weighted by Gasteiger charge is -2.39. The van der Waals surface area contributed by atoms with Crippen molar-refractivity contribution in [2.75, 3.05) is 6.61 Å². The van der Waals surface area contributed by atoms with Crippen molar-refractivity contribution in [2.45, 2.75) is 64.3 Å². The van der Waals surface area contributed by atoms with Crippen molar-refractivity contribution in [1.82, 2.24) is 0 Å². The molecule has 2 aliphatic rings. The first-order valence-electron chi connectivity index (χ1n) is 6.71. The zero-order valence-corrected chi connectivity index (χ0v) is 11.6. The number of rotatable bonds is 2. The van der Waals surface area contributed by atoms with Crippen LogP contribution in [0.15, 0.2) is 12.2 Å². The quantitative estimate of drug-likeness (QED) is 0.766. The summed E-state index contributed by atoms with van der Waals surface area (Å²) in [5, 5.41) is 10.1. The molecule has 2 saturated heterocycles. The highest BCUT2D eigenvalue weighted by molar-refractivity contribution is 4.98. The predicted molar refractivity (Wildman–Crippen MR) is 68.2 cm³/mol. The van der Waals surface area contributed by atoms with E-state index in [2.05, 4.69) is 0 Å². The van der Waals surface area contributed by atoms with Crippen molar-refractivity contribution in [1.29, 1.82) is 0 Å². The summed E-state index contributed by atoms with van der Waals surface area (Å²) in [5.74, 6) is -0.425. The summed E-state index contributed by atoms with van der Waals surface area (Å²) in [7, 11) is 0. The Morgan fingerprint density at radius 1 is 1.28 bits per heavy atom. The summed E-state index contributed by atoms with van der Waals surface area (Å²) in [6.45, 7) is 8.31. The van der Waals surface area contributed by atoms with Gasteiger partial charge >= 0.3 is 0 Å². The number of aliphatic hydroxyl groups excluding tert-OH is 1. The number of allylic oxidation sites excluding steroid dienone is 1. The van der Waals surface area contributed by atoms with E-state index in [0.29, 0.717) is 13.0 Å². The topological polar surface area (TPSA) is 47.9 Å². The Morgan fingerprint density at radius 2 is 2.00 bits per heavy atom. The molecule has 0 saturated carbocycles. The van der Waals surface area contributed by atoms with E-state index in [1.165, 1.54) is 0 Å². The Balaban J connectivity index is 2.02. The van der Waals surface area contributed by atoms with E-state index >= 15 is 0 Å². The van der Waals surface area contributed by atoms with Crippen LogP contribution < -0.4 is 0 Å². The largest absolute Gasteiger partial charge is 0.393 e. The predicted octanol–water partition coefficient (Wildman–Crippen LogP) is 1.87. The second-order valence-electron chi connectivity index (χ2n) is 5.69. The minimum Gasteiger partial charge on any atom is -0.393 e. The SMILES string of the molecule is C/C=C/[C@H]1O[C@@H]([C@H]2COC(C)(C)O2)C[C@H](O)[C@@H]1C. The van der Waals surface area contributed by atoms with Gasteiger partial charge in [0.25, 0.3) is 0 Å². The third-order valence-electron chi connectivity index (χ3n) is 3.76. The van der Waals surface area contributed by atoms with Gasteiger partial charge in [0.15, 0.2) is 5.79 Å². The van der Waals surface area contributed by atoms with Gasteiger partial charge in [0.2, 0.25) is 0 Å². The fourth-order valence-corrected chi connectivity index (χ4v) is 2.60. The van der Waals surface area contributed by atoms with E-state index in [1.54, 1.807) is 0 Å². The maximum Gasteiger partial charge on any atom is 0.163 e. The molecule has 1 N–H and O–H groups in total. The molecule has 5 atom stereocenters. The third kappa shape index (κ3) is 2.94. The lowest BCUT2D eigenvalue weighted by molar-refractivity contribution is -0.184. The molecule has 0 aliphatic carbocycles. The summed E-state index contributed by atoms with van der Waals surface area (Å²) >= 11 is 0. The highest BCUT2D eigenvalue weighted by Gasteiger charge is 2.43. The molecule has 0 aromatic heterocycles. The standard InChI is InChI=1S/C14H24O4/c1-5-6-11-9(2)10(15)7-12(17-11)13-8-16-14(3,4)18-13/h5-6,9-13,15H,7-8H2,1-4H3/b6-5+/t9-,10-,11+,12+,13+/m0/s1. The number of ether oxygens (including phenoxy) is 3. The first kappa shape index (κ1) is 14.0. The van der Waals surface area contributed by atoms with Crippen LogP contribution in [0.1, 0.15) is 34.1 Å². The zero-order valence-electron chi connectivity index (χ0n) is 11.6. The minimum atomic E-state index is -0.544. The molecule has 0 amide bonds. The minimum absolute atomic E-state index is 0.0453. The monoisotopic (exact) mass is 256 g/mol. The lowest BCUT2D eigenvalue weighted by atomic mass is 9.88. The molecular weight excluding hydrogens is 232 g/mol. The van der Waals surface area contributed by atoms with Crippen molar-refractivity contribution in [3.8, 4) is 0 Å². The molecule has 4 heteroatoms. The van der Waals surface area contributed by atoms with Crippen LogP contribution in [0.2, 0.25) is 0 Å². The van der Waals surface area contributed by atoms with Crippen LogP contribution in [0.25, 0.3) is 0 Å². The van der Waals surface area contributed by atoms with Crippen LogP contribution >= 0.6 is 0 Å². The Hall–Kier alpha value is -0.420. The van der Waals surface area contributed by atoms with Gasteiger partial charge in [-0.2, -0.15) is 0 Å². The van der Waals surface area contributed by atoms with E-state index in [9.17, 15) is 5.11 Å². The van der Waals surface area contributed by atoms with Gasteiger partial charge in [0.1, 0.15) is 6.10 Å². The Kier molecular flexibility index (Phi) is 4.11. The molecule has 2 heterocycles. The number of hydrogen-bond donors (Lipinski definition) is 1. The molecule has 0 radical (unpaired) electrons. The number of hydrogen-bond acceptors (Lipinski definition) is 4. The highest BCUT2D eigenvalue weighted by Crippen LogP contribution is 2.33. The van der Waals surface area contributed by atoms with Crippen molar-refractivity contribution in [3.05, 3.63) is 12.2 Å². The van der Waals surface area contributed by atoms with E-state index in [4.69, 9.17) is 14.2 Å². The van der Waals surface area contributed by atoms with E-state index in [0.717, 1.165) is 0 Å². The van der Waals surface area contributed by atoms with E-state index < -0.39 is 5.79 Å². The van der Waals surface area contributed by atoms with Crippen LogP contribution in [0, 0.1) is 5.92 Å². The van der Waals surface area contributed by atoms with Crippen LogP contribution in [-0.2, 0) is 14.2 Å². The first-order chi connectivity index (χ1) is 8.43. The van der Waals surface area contributed by atoms with Crippen LogP contribution in [-0.4, -0.2) is 41.9 Å². The van der Waals surface area contributed by atoms with Crippen molar-refractivity contribution >= 4 is 0 Å². The maximum absolute atomic E-state index is 10.1. The van der Waals surface area contributed by atoms with Crippen molar-refractivity contribution < 1.29 is 19.3 Å². The fourth-order valence-electron chi connectivity index (χ4n) is 2.60. The second kappa shape index (κ2) is 5.29. The van der Waals surface area contributed by atoms with Gasteiger partial charge in [-0.15, -0.1) is 0 Å². The van der Waals surface area contributed by atoms with Crippen molar-refractivity contribution in [3.63, 3.8) is 0 Å². The molecular formula is C14H24O4. The van der Waals surface area contributed by atoms with E-state index in [1.807, 2.05) is 39.8 Å². The average molecular weight is 256 g/mol. The molecule has 2 aliphatic heterocycles. The molecule has 2 rings (SSSR count). The summed E-state index contributed by atoms with van der Waals surface area (Å²) < 4.78 is 17.4. The van der Waals surface area contributed by atoms with Crippen LogP contribution in [0.4, 0.5) is 0 Å². The molecule has 0 unspecified atom stereocenters. The number of aliphatic hydroxyl groups is 1. The summed E-state index contributed by atoms with van der Waals surface area (Å²) in [6.07, 6.45) is 3.99. The molecule has 104 valence electrons. The van der Waals surface area contributed by atoms with Gasteiger partial charge in [-0.1, -0.05) is 19.1 Å². The van der Waals surface area contributed by atoms with Gasteiger partial charge < -0.3 is 19.3 Å². The van der Waals surface area contributed by atoms with Gasteiger partial charge in [0.05, 0.1) is 24.9 Å². The fraction of sp³-hybridized carbons (Fsp3) is 0.857. The highest BCUT2D eigenvalue weighted by atomic mass is 16.7. The van der Waals surface area contributed by atoms with Gasteiger partial charge in [0, 0.05) is 12.3 Å². The van der Waals surface area contributed by atoms with Gasteiger partial charge in [-0.25, -0.2) is 0 Å². The molecule has 0 aromatic carbocycles. The molecule has 18 heavy (non-hydrogen) atoms. The average Bonchev–Trinajstić information content (AvgIpc) is 2.65. The molecule has 4 nitrogen and oxygen atoms in total. The first-order valence-corrected chi connectivity index (χ1v) is 6.71. The van der Waals surface area contributed by atoms with Gasteiger partial charge in [-0.05, 0) is 20.8 Å². The third-order valence-corrected chi connectivity index (χ3v) is 3.76. The smallest absolute Gasteiger partial charge is 0.163 e. The Bertz CT molecular complexity index is 313. The van der Waals surface area contributed by atoms with E-state index in [-0.39, 0.29) is 30.3 Å². The lowest BCUT2D eigenvalue weighted by Crippen LogP contribution is -2.47.